The van der Waals surface area contributed by atoms with Gasteiger partial charge in [-0.2, -0.15) is 0 Å². The van der Waals surface area contributed by atoms with Gasteiger partial charge in [0.15, 0.2) is 0 Å². The van der Waals surface area contributed by atoms with Crippen molar-refractivity contribution in [2.24, 2.45) is 0 Å². The Labute approximate surface area is 125 Å². The van der Waals surface area contributed by atoms with Crippen molar-refractivity contribution in [1.82, 2.24) is 4.98 Å². The maximum Gasteiger partial charge on any atom is 0.274 e. The van der Waals surface area contributed by atoms with E-state index in [1.165, 1.54) is 12.8 Å². The highest BCUT2D eigenvalue weighted by molar-refractivity contribution is 9.10. The molecule has 1 aromatic heterocycles. The largest absolute Gasteiger partial charge is 0.367 e. The number of hydrogen-bond acceptors (Lipinski definition) is 3. The van der Waals surface area contributed by atoms with E-state index in [1.807, 2.05) is 36.4 Å². The van der Waals surface area contributed by atoms with E-state index in [1.54, 1.807) is 6.07 Å². The molecule has 0 atom stereocenters. The minimum atomic E-state index is -0.206. The molecule has 0 saturated heterocycles. The van der Waals surface area contributed by atoms with Gasteiger partial charge < -0.3 is 10.6 Å². The van der Waals surface area contributed by atoms with Gasteiger partial charge in [0.05, 0.1) is 0 Å². The molecule has 0 bridgehead atoms. The number of rotatable bonds is 4. The van der Waals surface area contributed by atoms with Crippen LogP contribution in [0, 0.1) is 0 Å². The van der Waals surface area contributed by atoms with Gasteiger partial charge in [-0.05, 0) is 43.2 Å². The fourth-order valence-corrected chi connectivity index (χ4v) is 2.24. The van der Waals surface area contributed by atoms with Crippen LogP contribution in [0.2, 0.25) is 0 Å². The summed E-state index contributed by atoms with van der Waals surface area (Å²) in [5.41, 5.74) is 1.15. The Morgan fingerprint density at radius 2 is 2.00 bits per heavy atom. The molecular weight excluding hydrogens is 318 g/mol. The van der Waals surface area contributed by atoms with Crippen molar-refractivity contribution in [3.8, 4) is 0 Å². The summed E-state index contributed by atoms with van der Waals surface area (Å²) in [6.07, 6.45) is 2.35. The third kappa shape index (κ3) is 3.36. The van der Waals surface area contributed by atoms with Gasteiger partial charge in [-0.15, -0.1) is 0 Å². The van der Waals surface area contributed by atoms with E-state index in [0.29, 0.717) is 11.7 Å². The van der Waals surface area contributed by atoms with Crippen LogP contribution in [0.4, 0.5) is 11.5 Å². The number of aromatic nitrogens is 1. The number of nitrogens with zero attached hydrogens (tertiary/aromatic N) is 1. The zero-order chi connectivity index (χ0) is 13.9. The fourth-order valence-electron chi connectivity index (χ4n) is 1.84. The first-order valence-corrected chi connectivity index (χ1v) is 7.30. The molecule has 2 aromatic rings. The molecule has 1 heterocycles. The normalized spacial score (nSPS) is 13.8. The number of pyridine rings is 1. The molecule has 20 heavy (non-hydrogen) atoms. The topological polar surface area (TPSA) is 54.0 Å². The van der Waals surface area contributed by atoms with Gasteiger partial charge in [0.25, 0.3) is 5.91 Å². The van der Waals surface area contributed by atoms with Gasteiger partial charge in [-0.3, -0.25) is 4.79 Å². The van der Waals surface area contributed by atoms with Crippen molar-refractivity contribution < 1.29 is 4.79 Å². The van der Waals surface area contributed by atoms with Crippen molar-refractivity contribution in [1.29, 1.82) is 0 Å². The summed E-state index contributed by atoms with van der Waals surface area (Å²) < 4.78 is 0.924. The SMILES string of the molecule is O=C(Nc1cccc(Br)c1)c1cccc(NC2CC2)n1. The average Bonchev–Trinajstić information content (AvgIpc) is 3.23. The number of carbonyl (C=O) groups excluding carboxylic acids is 1. The zero-order valence-electron chi connectivity index (χ0n) is 10.8. The lowest BCUT2D eigenvalue weighted by Gasteiger charge is -2.07. The lowest BCUT2D eigenvalue weighted by Crippen LogP contribution is -2.15. The minimum absolute atomic E-state index is 0.206. The molecular formula is C15H14BrN3O. The van der Waals surface area contributed by atoms with E-state index in [0.717, 1.165) is 16.0 Å². The minimum Gasteiger partial charge on any atom is -0.367 e. The molecule has 4 nitrogen and oxygen atoms in total. The van der Waals surface area contributed by atoms with Crippen LogP contribution in [-0.2, 0) is 0 Å². The second-order valence-corrected chi connectivity index (χ2v) is 5.71. The molecule has 1 aliphatic carbocycles. The predicted octanol–water partition coefficient (Wildman–Crippen LogP) is 3.67. The highest BCUT2D eigenvalue weighted by Crippen LogP contribution is 2.23. The maximum absolute atomic E-state index is 12.2. The summed E-state index contributed by atoms with van der Waals surface area (Å²) in [5.74, 6) is 0.553. The molecule has 3 rings (SSSR count). The summed E-state index contributed by atoms with van der Waals surface area (Å²) in [6.45, 7) is 0. The number of nitrogens with one attached hydrogen (secondary N) is 2. The van der Waals surface area contributed by atoms with Crippen LogP contribution in [0.1, 0.15) is 23.3 Å². The highest BCUT2D eigenvalue weighted by atomic mass is 79.9. The van der Waals surface area contributed by atoms with Crippen molar-refractivity contribution in [2.75, 3.05) is 10.6 Å². The Kier molecular flexibility index (Phi) is 3.69. The Balaban J connectivity index is 1.72. The Hall–Kier alpha value is -1.88. The first-order chi connectivity index (χ1) is 9.70. The molecule has 0 radical (unpaired) electrons. The van der Waals surface area contributed by atoms with Gasteiger partial charge in [-0.1, -0.05) is 28.1 Å². The summed E-state index contributed by atoms with van der Waals surface area (Å²) in [6, 6.07) is 13.4. The van der Waals surface area contributed by atoms with Crippen molar-refractivity contribution >= 4 is 33.3 Å². The molecule has 1 aliphatic rings. The van der Waals surface area contributed by atoms with Crippen LogP contribution >= 0.6 is 15.9 Å². The smallest absolute Gasteiger partial charge is 0.274 e. The van der Waals surface area contributed by atoms with Crippen LogP contribution in [0.25, 0.3) is 0 Å². The molecule has 1 amide bonds. The number of halogens is 1. The molecule has 102 valence electrons. The first-order valence-electron chi connectivity index (χ1n) is 6.51. The number of amides is 1. The van der Waals surface area contributed by atoms with Gasteiger partial charge in [0, 0.05) is 16.2 Å². The van der Waals surface area contributed by atoms with Gasteiger partial charge >= 0.3 is 0 Å². The van der Waals surface area contributed by atoms with Crippen LogP contribution in [0.3, 0.4) is 0 Å². The fraction of sp³-hybridized carbons (Fsp3) is 0.200. The van der Waals surface area contributed by atoms with Crippen LogP contribution < -0.4 is 10.6 Å². The summed E-state index contributed by atoms with van der Waals surface area (Å²) in [7, 11) is 0. The monoisotopic (exact) mass is 331 g/mol. The second-order valence-electron chi connectivity index (χ2n) is 4.79. The second kappa shape index (κ2) is 5.63. The third-order valence-corrected chi connectivity index (χ3v) is 3.49. The van der Waals surface area contributed by atoms with E-state index >= 15 is 0 Å². The van der Waals surface area contributed by atoms with Crippen LogP contribution in [0.15, 0.2) is 46.9 Å². The lowest BCUT2D eigenvalue weighted by atomic mass is 10.3. The van der Waals surface area contributed by atoms with E-state index in [9.17, 15) is 4.79 Å². The molecule has 5 heteroatoms. The maximum atomic E-state index is 12.2. The van der Waals surface area contributed by atoms with Gasteiger partial charge in [0.2, 0.25) is 0 Å². The van der Waals surface area contributed by atoms with E-state index in [-0.39, 0.29) is 5.91 Å². The van der Waals surface area contributed by atoms with E-state index in [2.05, 4.69) is 31.5 Å². The number of carbonyl (C=O) groups is 1. The highest BCUT2D eigenvalue weighted by Gasteiger charge is 2.21. The first kappa shape index (κ1) is 13.1. The summed E-state index contributed by atoms with van der Waals surface area (Å²) in [5, 5.41) is 6.12. The number of anilines is 2. The Morgan fingerprint density at radius 1 is 1.20 bits per heavy atom. The van der Waals surface area contributed by atoms with Gasteiger partial charge in [0.1, 0.15) is 11.5 Å². The average molecular weight is 332 g/mol. The van der Waals surface area contributed by atoms with Gasteiger partial charge in [-0.25, -0.2) is 4.98 Å². The van der Waals surface area contributed by atoms with Crippen LogP contribution in [0.5, 0.6) is 0 Å². The number of hydrogen-bond donors (Lipinski definition) is 2. The Bertz CT molecular complexity index is 641. The zero-order valence-corrected chi connectivity index (χ0v) is 12.4. The molecule has 1 saturated carbocycles. The molecule has 0 spiro atoms. The molecule has 0 aliphatic heterocycles. The summed E-state index contributed by atoms with van der Waals surface area (Å²) >= 11 is 3.38. The number of benzene rings is 1. The third-order valence-electron chi connectivity index (χ3n) is 2.99. The Morgan fingerprint density at radius 3 is 2.75 bits per heavy atom. The lowest BCUT2D eigenvalue weighted by molar-refractivity contribution is 0.102. The molecule has 0 unspecified atom stereocenters. The standard InChI is InChI=1S/C15H14BrN3O/c16-10-3-1-4-12(9-10)18-15(20)13-5-2-6-14(19-13)17-11-7-8-11/h1-6,9,11H,7-8H2,(H,17,19)(H,18,20). The van der Waals surface area contributed by atoms with Crippen molar-refractivity contribution in [3.05, 3.63) is 52.6 Å². The molecule has 2 N–H and O–H groups in total. The van der Waals surface area contributed by atoms with E-state index < -0.39 is 0 Å². The summed E-state index contributed by atoms with van der Waals surface area (Å²) in [4.78, 5) is 16.5. The molecule has 1 fully saturated rings. The van der Waals surface area contributed by atoms with E-state index in [4.69, 9.17) is 0 Å². The van der Waals surface area contributed by atoms with Crippen molar-refractivity contribution in [3.63, 3.8) is 0 Å². The van der Waals surface area contributed by atoms with Crippen molar-refractivity contribution in [2.45, 2.75) is 18.9 Å². The quantitative estimate of drug-likeness (QED) is 0.898. The van der Waals surface area contributed by atoms with Crippen LogP contribution in [-0.4, -0.2) is 16.9 Å². The predicted molar refractivity (Wildman–Crippen MR) is 83.0 cm³/mol. The molecule has 1 aromatic carbocycles.